The molecule has 128 valence electrons. The normalized spacial score (nSPS) is 28.6. The number of fused-ring (bicyclic) bond motifs is 2. The maximum Gasteiger partial charge on any atom is 0.191 e. The van der Waals surface area contributed by atoms with Gasteiger partial charge in [-0.05, 0) is 37.0 Å². The molecule has 2 N–H and O–H groups in total. The first kappa shape index (κ1) is 15.5. The fraction of sp³-hybridized carbons (Fsp3) is 0.526. The van der Waals surface area contributed by atoms with Crippen LogP contribution >= 0.6 is 0 Å². The molecule has 0 saturated carbocycles. The number of hydrogen-bond acceptors (Lipinski definition) is 3. The van der Waals surface area contributed by atoms with E-state index in [9.17, 15) is 0 Å². The van der Waals surface area contributed by atoms with Crippen molar-refractivity contribution in [2.45, 2.75) is 44.1 Å². The molecule has 24 heavy (non-hydrogen) atoms. The molecule has 4 rings (SSSR count). The van der Waals surface area contributed by atoms with Crippen LogP contribution in [0.3, 0.4) is 0 Å². The average molecular weight is 326 g/mol. The van der Waals surface area contributed by atoms with E-state index in [2.05, 4.69) is 56.9 Å². The van der Waals surface area contributed by atoms with Crippen LogP contribution in [0, 0.1) is 0 Å². The fourth-order valence-electron chi connectivity index (χ4n) is 3.90. The standard InChI is InChI=1S/C19H26N4O/c1-20-19(22-17-12-16-7-8-18(17)24-16)21-13-14-5-4-6-15(11-14)23-9-2-3-10-23/h2-6,11,16-18H,7-10,12-13H2,1H3,(H2,20,21,22). The van der Waals surface area contributed by atoms with Gasteiger partial charge in [0.15, 0.2) is 5.96 Å². The molecule has 2 bridgehead atoms. The van der Waals surface area contributed by atoms with Gasteiger partial charge in [0.2, 0.25) is 0 Å². The number of hydrogen-bond donors (Lipinski definition) is 2. The summed E-state index contributed by atoms with van der Waals surface area (Å²) < 4.78 is 5.91. The van der Waals surface area contributed by atoms with Crippen LogP contribution in [0.1, 0.15) is 24.8 Å². The van der Waals surface area contributed by atoms with Crippen molar-refractivity contribution in [3.05, 3.63) is 42.0 Å². The van der Waals surface area contributed by atoms with E-state index in [1.807, 2.05) is 7.05 Å². The summed E-state index contributed by atoms with van der Waals surface area (Å²) in [4.78, 5) is 6.73. The molecular weight excluding hydrogens is 300 g/mol. The minimum atomic E-state index is 0.361. The maximum atomic E-state index is 5.91. The van der Waals surface area contributed by atoms with Crippen molar-refractivity contribution in [2.75, 3.05) is 25.0 Å². The number of rotatable bonds is 4. The topological polar surface area (TPSA) is 48.9 Å². The number of aliphatic imine (C=N–C) groups is 1. The molecule has 3 atom stereocenters. The second-order valence-electron chi connectivity index (χ2n) is 6.83. The fourth-order valence-corrected chi connectivity index (χ4v) is 3.90. The number of ether oxygens (including phenoxy) is 1. The second-order valence-corrected chi connectivity index (χ2v) is 6.83. The van der Waals surface area contributed by atoms with Gasteiger partial charge in [0, 0.05) is 32.4 Å². The van der Waals surface area contributed by atoms with Gasteiger partial charge in [-0.15, -0.1) is 0 Å². The molecule has 2 fully saturated rings. The van der Waals surface area contributed by atoms with Crippen LogP contribution in [-0.4, -0.2) is 44.3 Å². The zero-order valence-electron chi connectivity index (χ0n) is 14.2. The summed E-state index contributed by atoms with van der Waals surface area (Å²) in [5.74, 6) is 0.865. The highest BCUT2D eigenvalue weighted by Gasteiger charge is 2.41. The van der Waals surface area contributed by atoms with Crippen LogP contribution in [0.25, 0.3) is 0 Å². The summed E-state index contributed by atoms with van der Waals surface area (Å²) in [6.45, 7) is 2.78. The van der Waals surface area contributed by atoms with Crippen molar-refractivity contribution in [1.29, 1.82) is 0 Å². The van der Waals surface area contributed by atoms with Crippen molar-refractivity contribution >= 4 is 11.6 Å². The minimum absolute atomic E-state index is 0.361. The van der Waals surface area contributed by atoms with Crippen molar-refractivity contribution in [1.82, 2.24) is 10.6 Å². The lowest BCUT2D eigenvalue weighted by atomic mass is 9.96. The largest absolute Gasteiger partial charge is 0.373 e. The van der Waals surface area contributed by atoms with Gasteiger partial charge in [0.1, 0.15) is 0 Å². The third-order valence-electron chi connectivity index (χ3n) is 5.21. The SMILES string of the molecule is CN=C(NCc1cccc(N2CC=CC2)c1)NC1CC2CCC1O2. The Hall–Kier alpha value is -2.01. The molecule has 3 unspecified atom stereocenters. The molecule has 0 aliphatic carbocycles. The van der Waals surface area contributed by atoms with Crippen LogP contribution in [-0.2, 0) is 11.3 Å². The van der Waals surface area contributed by atoms with E-state index in [1.165, 1.54) is 24.1 Å². The molecular formula is C19H26N4O. The van der Waals surface area contributed by atoms with Crippen molar-refractivity contribution in [3.63, 3.8) is 0 Å². The molecule has 3 aliphatic rings. The Morgan fingerprint density at radius 1 is 1.29 bits per heavy atom. The molecule has 3 heterocycles. The molecule has 0 spiro atoms. The molecule has 0 aromatic heterocycles. The first-order valence-corrected chi connectivity index (χ1v) is 8.93. The molecule has 0 radical (unpaired) electrons. The van der Waals surface area contributed by atoms with Gasteiger partial charge < -0.3 is 20.3 Å². The summed E-state index contributed by atoms with van der Waals surface area (Å²) in [5, 5.41) is 6.97. The number of benzene rings is 1. The van der Waals surface area contributed by atoms with Gasteiger partial charge in [-0.3, -0.25) is 4.99 Å². The Balaban J connectivity index is 1.32. The van der Waals surface area contributed by atoms with E-state index in [1.54, 1.807) is 0 Å². The lowest BCUT2D eigenvalue weighted by Crippen LogP contribution is -2.47. The van der Waals surface area contributed by atoms with Crippen LogP contribution in [0.4, 0.5) is 5.69 Å². The molecule has 5 nitrogen and oxygen atoms in total. The van der Waals surface area contributed by atoms with E-state index < -0.39 is 0 Å². The average Bonchev–Trinajstić information content (AvgIpc) is 3.36. The van der Waals surface area contributed by atoms with Gasteiger partial charge in [0.25, 0.3) is 0 Å². The summed E-state index contributed by atoms with van der Waals surface area (Å²) in [7, 11) is 1.83. The van der Waals surface area contributed by atoms with E-state index in [0.29, 0.717) is 18.2 Å². The minimum Gasteiger partial charge on any atom is -0.373 e. The van der Waals surface area contributed by atoms with Crippen molar-refractivity contribution < 1.29 is 4.74 Å². The van der Waals surface area contributed by atoms with E-state index in [4.69, 9.17) is 4.74 Å². The molecule has 1 aromatic rings. The Morgan fingerprint density at radius 3 is 2.88 bits per heavy atom. The summed E-state index contributed by atoms with van der Waals surface area (Å²) in [6.07, 6.45) is 8.74. The molecule has 2 saturated heterocycles. The van der Waals surface area contributed by atoms with Crippen LogP contribution < -0.4 is 15.5 Å². The lowest BCUT2D eigenvalue weighted by molar-refractivity contribution is 0.0992. The highest BCUT2D eigenvalue weighted by Crippen LogP contribution is 2.34. The van der Waals surface area contributed by atoms with Gasteiger partial charge in [-0.25, -0.2) is 0 Å². The Bertz CT molecular complexity index is 634. The first-order chi connectivity index (χ1) is 11.8. The van der Waals surface area contributed by atoms with Crippen molar-refractivity contribution in [3.8, 4) is 0 Å². The Labute approximate surface area is 143 Å². The van der Waals surface area contributed by atoms with Crippen LogP contribution in [0.2, 0.25) is 0 Å². The smallest absolute Gasteiger partial charge is 0.191 e. The van der Waals surface area contributed by atoms with Gasteiger partial charge in [-0.2, -0.15) is 0 Å². The third-order valence-corrected chi connectivity index (χ3v) is 5.21. The highest BCUT2D eigenvalue weighted by atomic mass is 16.5. The number of guanidine groups is 1. The molecule has 1 aromatic carbocycles. The number of nitrogens with zero attached hydrogens (tertiary/aromatic N) is 2. The van der Waals surface area contributed by atoms with Gasteiger partial charge in [0.05, 0.1) is 18.2 Å². The summed E-state index contributed by atoms with van der Waals surface area (Å²) >= 11 is 0. The van der Waals surface area contributed by atoms with E-state index in [0.717, 1.165) is 32.0 Å². The van der Waals surface area contributed by atoms with Gasteiger partial charge >= 0.3 is 0 Å². The summed E-state index contributed by atoms with van der Waals surface area (Å²) in [6, 6.07) is 9.12. The van der Waals surface area contributed by atoms with Crippen molar-refractivity contribution in [2.24, 2.45) is 4.99 Å². The monoisotopic (exact) mass is 326 g/mol. The highest BCUT2D eigenvalue weighted by molar-refractivity contribution is 5.80. The third kappa shape index (κ3) is 3.26. The predicted octanol–water partition coefficient (Wildman–Crippen LogP) is 2.05. The molecule has 0 amide bonds. The first-order valence-electron chi connectivity index (χ1n) is 8.93. The van der Waals surface area contributed by atoms with Gasteiger partial charge in [-0.1, -0.05) is 24.3 Å². The zero-order chi connectivity index (χ0) is 16.4. The van der Waals surface area contributed by atoms with Crippen LogP contribution in [0.15, 0.2) is 41.4 Å². The number of anilines is 1. The Morgan fingerprint density at radius 2 is 2.17 bits per heavy atom. The van der Waals surface area contributed by atoms with E-state index >= 15 is 0 Å². The molecule has 3 aliphatic heterocycles. The predicted molar refractivity (Wildman–Crippen MR) is 97.4 cm³/mol. The maximum absolute atomic E-state index is 5.91. The summed E-state index contributed by atoms with van der Waals surface area (Å²) in [5.41, 5.74) is 2.55. The van der Waals surface area contributed by atoms with Crippen LogP contribution in [0.5, 0.6) is 0 Å². The lowest BCUT2D eigenvalue weighted by Gasteiger charge is -2.23. The zero-order valence-corrected chi connectivity index (χ0v) is 14.2. The molecule has 5 heteroatoms. The Kier molecular flexibility index (Phi) is 4.43. The second kappa shape index (κ2) is 6.85. The quantitative estimate of drug-likeness (QED) is 0.505. The number of nitrogens with one attached hydrogen (secondary N) is 2. The van der Waals surface area contributed by atoms with E-state index in [-0.39, 0.29) is 0 Å².